The summed E-state index contributed by atoms with van der Waals surface area (Å²) in [5.41, 5.74) is 0.472. The van der Waals surface area contributed by atoms with E-state index in [-0.39, 0.29) is 16.2 Å². The fraction of sp³-hybridized carbons (Fsp3) is 0.0667. The maximum Gasteiger partial charge on any atom is 0.354 e. The van der Waals surface area contributed by atoms with E-state index in [1.165, 1.54) is 10.6 Å². The molecule has 6 heteroatoms. The van der Waals surface area contributed by atoms with Crippen molar-refractivity contribution in [2.75, 3.05) is 12.4 Å². The molecule has 0 atom stereocenters. The summed E-state index contributed by atoms with van der Waals surface area (Å²) in [6.07, 6.45) is 0. The summed E-state index contributed by atoms with van der Waals surface area (Å²) in [6, 6.07) is 11.7. The van der Waals surface area contributed by atoms with Crippen LogP contribution in [0, 0.1) is 5.82 Å². The molecule has 0 radical (unpaired) electrons. The average molecular weight is 304 g/mol. The Morgan fingerprint density at radius 1 is 1.24 bits per heavy atom. The molecule has 1 N–H and O–H groups in total. The van der Waals surface area contributed by atoms with Crippen molar-refractivity contribution in [3.63, 3.8) is 0 Å². The lowest BCUT2D eigenvalue weighted by atomic mass is 10.2. The molecule has 21 heavy (non-hydrogen) atoms. The quantitative estimate of drug-likeness (QED) is 0.790. The van der Waals surface area contributed by atoms with Crippen molar-refractivity contribution < 1.29 is 4.39 Å². The van der Waals surface area contributed by atoms with Crippen LogP contribution < -0.4 is 11.0 Å². The number of anilines is 1. The van der Waals surface area contributed by atoms with Gasteiger partial charge in [-0.15, -0.1) is 0 Å². The number of fused-ring (bicyclic) bond motifs is 1. The molecule has 0 saturated carbocycles. The molecule has 0 saturated heterocycles. The molecule has 0 aliphatic heterocycles. The van der Waals surface area contributed by atoms with Gasteiger partial charge in [0.2, 0.25) is 0 Å². The maximum atomic E-state index is 14.2. The van der Waals surface area contributed by atoms with Gasteiger partial charge in [-0.2, -0.15) is 4.98 Å². The Morgan fingerprint density at radius 3 is 2.62 bits per heavy atom. The number of nitrogens with zero attached hydrogens (tertiary/aromatic N) is 2. The van der Waals surface area contributed by atoms with Gasteiger partial charge in [-0.3, -0.25) is 4.57 Å². The van der Waals surface area contributed by atoms with Crippen LogP contribution in [0.4, 0.5) is 10.2 Å². The summed E-state index contributed by atoms with van der Waals surface area (Å²) >= 11 is 5.94. The third-order valence-electron chi connectivity index (χ3n) is 3.16. The molecule has 0 spiro atoms. The van der Waals surface area contributed by atoms with E-state index < -0.39 is 11.5 Å². The Hall–Kier alpha value is -2.40. The van der Waals surface area contributed by atoms with Crippen molar-refractivity contribution in [1.82, 2.24) is 9.55 Å². The van der Waals surface area contributed by atoms with Crippen LogP contribution in [0.2, 0.25) is 5.02 Å². The molecule has 1 aromatic heterocycles. The molecule has 2 aromatic carbocycles. The number of hydrogen-bond acceptors (Lipinski definition) is 3. The van der Waals surface area contributed by atoms with Gasteiger partial charge in [0.05, 0.1) is 16.6 Å². The third-order valence-corrected chi connectivity index (χ3v) is 3.38. The van der Waals surface area contributed by atoms with Crippen LogP contribution in [-0.2, 0) is 0 Å². The number of hydrogen-bond donors (Lipinski definition) is 1. The van der Waals surface area contributed by atoms with Crippen LogP contribution in [0.25, 0.3) is 16.6 Å². The van der Waals surface area contributed by atoms with Gasteiger partial charge in [-0.1, -0.05) is 29.8 Å². The minimum absolute atomic E-state index is 0.191. The fourth-order valence-corrected chi connectivity index (χ4v) is 2.48. The zero-order chi connectivity index (χ0) is 15.0. The lowest BCUT2D eigenvalue weighted by molar-refractivity contribution is 0.639. The van der Waals surface area contributed by atoms with Crippen molar-refractivity contribution in [1.29, 1.82) is 0 Å². The molecule has 0 fully saturated rings. The lowest BCUT2D eigenvalue weighted by Gasteiger charge is -2.13. The standard InChI is InChI=1S/C15H11ClFN3O/c1-18-14-13-11(17)7-9(16)8-12(13)20(15(21)19-14)10-5-3-2-4-6-10/h2-8H,1H3,(H,18,19,21). The van der Waals surface area contributed by atoms with Gasteiger partial charge < -0.3 is 5.32 Å². The SMILES string of the molecule is CNc1nc(=O)n(-c2ccccc2)c2cc(Cl)cc(F)c12. The Morgan fingerprint density at radius 2 is 1.95 bits per heavy atom. The summed E-state index contributed by atoms with van der Waals surface area (Å²) in [6.45, 7) is 0. The summed E-state index contributed by atoms with van der Waals surface area (Å²) in [7, 11) is 1.59. The lowest BCUT2D eigenvalue weighted by Crippen LogP contribution is -2.23. The molecule has 0 aliphatic rings. The van der Waals surface area contributed by atoms with Crippen LogP contribution in [0.15, 0.2) is 47.3 Å². The Labute approximate surface area is 124 Å². The second kappa shape index (κ2) is 5.18. The minimum atomic E-state index is -0.529. The Bertz CT molecular complexity index is 877. The van der Waals surface area contributed by atoms with Crippen LogP contribution in [0.3, 0.4) is 0 Å². The normalized spacial score (nSPS) is 10.8. The van der Waals surface area contributed by atoms with Gasteiger partial charge in [0.15, 0.2) is 0 Å². The van der Waals surface area contributed by atoms with E-state index in [4.69, 9.17) is 11.6 Å². The molecule has 106 valence electrons. The molecule has 3 aromatic rings. The van der Waals surface area contributed by atoms with Gasteiger partial charge in [-0.25, -0.2) is 9.18 Å². The molecule has 0 bridgehead atoms. The highest BCUT2D eigenvalue weighted by Gasteiger charge is 2.15. The highest BCUT2D eigenvalue weighted by atomic mass is 35.5. The van der Waals surface area contributed by atoms with Crippen molar-refractivity contribution in [2.45, 2.75) is 0 Å². The summed E-state index contributed by atoms with van der Waals surface area (Å²) < 4.78 is 15.6. The van der Waals surface area contributed by atoms with Crippen molar-refractivity contribution >= 4 is 28.3 Å². The van der Waals surface area contributed by atoms with Crippen LogP contribution >= 0.6 is 11.6 Å². The number of rotatable bonds is 2. The molecule has 1 heterocycles. The summed E-state index contributed by atoms with van der Waals surface area (Å²) in [5, 5.41) is 3.19. The smallest absolute Gasteiger partial charge is 0.354 e. The van der Waals surface area contributed by atoms with Crippen molar-refractivity contribution in [3.05, 3.63) is 63.8 Å². The van der Waals surface area contributed by atoms with E-state index in [1.807, 2.05) is 6.07 Å². The van der Waals surface area contributed by atoms with Crippen molar-refractivity contribution in [3.8, 4) is 5.69 Å². The largest absolute Gasteiger partial charge is 0.372 e. The number of nitrogens with one attached hydrogen (secondary N) is 1. The van der Waals surface area contributed by atoms with E-state index in [9.17, 15) is 9.18 Å². The molecular formula is C15H11ClFN3O. The number of aromatic nitrogens is 2. The second-order valence-electron chi connectivity index (χ2n) is 4.45. The number of para-hydroxylation sites is 1. The Balaban J connectivity index is 2.51. The first-order valence-corrected chi connectivity index (χ1v) is 6.64. The monoisotopic (exact) mass is 303 g/mol. The minimum Gasteiger partial charge on any atom is -0.372 e. The summed E-state index contributed by atoms with van der Waals surface area (Å²) in [4.78, 5) is 16.2. The molecule has 0 aliphatic carbocycles. The maximum absolute atomic E-state index is 14.2. The fourth-order valence-electron chi connectivity index (χ4n) is 2.28. The van der Waals surface area contributed by atoms with Gasteiger partial charge in [0.25, 0.3) is 0 Å². The first-order chi connectivity index (χ1) is 10.1. The summed E-state index contributed by atoms with van der Waals surface area (Å²) in [5.74, 6) is -0.338. The molecule has 3 rings (SSSR count). The zero-order valence-corrected chi connectivity index (χ0v) is 11.9. The first kappa shape index (κ1) is 13.6. The van der Waals surface area contributed by atoms with Crippen molar-refractivity contribution in [2.24, 2.45) is 0 Å². The molecule has 0 amide bonds. The highest BCUT2D eigenvalue weighted by Crippen LogP contribution is 2.27. The van der Waals surface area contributed by atoms with Gasteiger partial charge in [-0.05, 0) is 24.3 Å². The molecule has 4 nitrogen and oxygen atoms in total. The van der Waals surface area contributed by atoms with Gasteiger partial charge in [0, 0.05) is 12.1 Å². The van der Waals surface area contributed by atoms with E-state index >= 15 is 0 Å². The van der Waals surface area contributed by atoms with Crippen LogP contribution in [0.1, 0.15) is 0 Å². The highest BCUT2D eigenvalue weighted by molar-refractivity contribution is 6.31. The van der Waals surface area contributed by atoms with E-state index in [0.717, 1.165) is 0 Å². The third kappa shape index (κ3) is 2.25. The predicted octanol–water partition coefficient (Wildman–Crippen LogP) is 3.22. The first-order valence-electron chi connectivity index (χ1n) is 6.27. The van der Waals surface area contributed by atoms with Crippen LogP contribution in [-0.4, -0.2) is 16.6 Å². The predicted molar refractivity (Wildman–Crippen MR) is 81.9 cm³/mol. The van der Waals surface area contributed by atoms with Crippen LogP contribution in [0.5, 0.6) is 0 Å². The zero-order valence-electron chi connectivity index (χ0n) is 11.1. The topological polar surface area (TPSA) is 46.9 Å². The van der Waals surface area contributed by atoms with E-state index in [2.05, 4.69) is 10.3 Å². The average Bonchev–Trinajstić information content (AvgIpc) is 2.46. The number of benzene rings is 2. The van der Waals surface area contributed by atoms with E-state index in [0.29, 0.717) is 11.2 Å². The van der Waals surface area contributed by atoms with Gasteiger partial charge >= 0.3 is 5.69 Å². The molecular weight excluding hydrogens is 293 g/mol. The number of halogens is 2. The Kier molecular flexibility index (Phi) is 3.35. The van der Waals surface area contributed by atoms with E-state index in [1.54, 1.807) is 37.4 Å². The molecule has 0 unspecified atom stereocenters. The van der Waals surface area contributed by atoms with Gasteiger partial charge in [0.1, 0.15) is 11.6 Å². The second-order valence-corrected chi connectivity index (χ2v) is 4.88.